The van der Waals surface area contributed by atoms with Crippen LogP contribution in [0.3, 0.4) is 0 Å². The SMILES string of the molecule is C[N+](C)=CCCl.[Cl-]. The second-order valence-corrected chi connectivity index (χ2v) is 1.61. The molecular formula is C4H9Cl2N. The Balaban J connectivity index is 0. The number of hydrogen-bond donors (Lipinski definition) is 0. The highest BCUT2D eigenvalue weighted by atomic mass is 35.5. The Morgan fingerprint density at radius 2 is 2.00 bits per heavy atom. The largest absolute Gasteiger partial charge is 1.00 e. The number of rotatable bonds is 1. The highest BCUT2D eigenvalue weighted by Crippen LogP contribution is 1.63. The maximum Gasteiger partial charge on any atom is 0.154 e. The summed E-state index contributed by atoms with van der Waals surface area (Å²) < 4.78 is 1.92. The van der Waals surface area contributed by atoms with E-state index in [9.17, 15) is 0 Å². The molecule has 0 aliphatic rings. The minimum Gasteiger partial charge on any atom is -1.00 e. The molecule has 0 unspecified atom stereocenters. The van der Waals surface area contributed by atoms with Crippen molar-refractivity contribution < 1.29 is 17.0 Å². The van der Waals surface area contributed by atoms with Crippen LogP contribution < -0.4 is 12.4 Å². The van der Waals surface area contributed by atoms with Gasteiger partial charge >= 0.3 is 0 Å². The van der Waals surface area contributed by atoms with Crippen molar-refractivity contribution in [3.63, 3.8) is 0 Å². The highest BCUT2D eigenvalue weighted by Gasteiger charge is 1.74. The maximum absolute atomic E-state index is 5.30. The first-order valence-electron chi connectivity index (χ1n) is 1.83. The molecule has 0 N–H and O–H groups in total. The van der Waals surface area contributed by atoms with E-state index in [-0.39, 0.29) is 12.4 Å². The normalized spacial score (nSPS) is 6.71. The van der Waals surface area contributed by atoms with E-state index in [1.54, 1.807) is 0 Å². The first-order valence-corrected chi connectivity index (χ1v) is 2.36. The summed E-state index contributed by atoms with van der Waals surface area (Å²) in [5, 5.41) is 0. The van der Waals surface area contributed by atoms with Gasteiger partial charge in [0.25, 0.3) is 0 Å². The molecule has 0 heterocycles. The molecule has 0 amide bonds. The van der Waals surface area contributed by atoms with E-state index in [1.807, 2.05) is 24.9 Å². The average Bonchev–Trinajstić information content (AvgIpc) is 1.35. The average molecular weight is 142 g/mol. The van der Waals surface area contributed by atoms with Crippen LogP contribution in [0.4, 0.5) is 0 Å². The molecule has 0 aromatic heterocycles. The van der Waals surface area contributed by atoms with Crippen LogP contribution in [0.1, 0.15) is 0 Å². The van der Waals surface area contributed by atoms with Gasteiger partial charge in [0, 0.05) is 0 Å². The van der Waals surface area contributed by atoms with E-state index < -0.39 is 0 Å². The Hall–Kier alpha value is 0.250. The van der Waals surface area contributed by atoms with Crippen molar-refractivity contribution in [1.29, 1.82) is 0 Å². The van der Waals surface area contributed by atoms with Crippen molar-refractivity contribution in [3.05, 3.63) is 0 Å². The van der Waals surface area contributed by atoms with E-state index >= 15 is 0 Å². The molecule has 7 heavy (non-hydrogen) atoms. The lowest BCUT2D eigenvalue weighted by molar-refractivity contribution is -0.459. The van der Waals surface area contributed by atoms with E-state index in [0.717, 1.165) is 0 Å². The molecule has 0 saturated heterocycles. The van der Waals surface area contributed by atoms with Crippen LogP contribution >= 0.6 is 11.6 Å². The van der Waals surface area contributed by atoms with Crippen molar-refractivity contribution in [2.45, 2.75) is 0 Å². The van der Waals surface area contributed by atoms with Gasteiger partial charge in [-0.2, -0.15) is 0 Å². The van der Waals surface area contributed by atoms with Gasteiger partial charge in [-0.25, -0.2) is 4.58 Å². The summed E-state index contributed by atoms with van der Waals surface area (Å²) in [6.45, 7) is 0. The lowest BCUT2D eigenvalue weighted by atomic mass is 10.8. The van der Waals surface area contributed by atoms with Gasteiger partial charge in [-0.15, -0.1) is 11.6 Å². The van der Waals surface area contributed by atoms with Crippen molar-refractivity contribution >= 4 is 17.8 Å². The zero-order chi connectivity index (χ0) is 4.99. The molecule has 0 radical (unpaired) electrons. The molecule has 0 aromatic carbocycles. The second kappa shape index (κ2) is 6.25. The fraction of sp³-hybridized carbons (Fsp3) is 0.750. The van der Waals surface area contributed by atoms with Crippen LogP contribution in [0.15, 0.2) is 0 Å². The number of nitrogens with zero attached hydrogens (tertiary/aromatic N) is 1. The zero-order valence-electron chi connectivity index (χ0n) is 4.49. The molecule has 0 atom stereocenters. The molecular weight excluding hydrogens is 133 g/mol. The summed E-state index contributed by atoms with van der Waals surface area (Å²) in [6.07, 6.45) is 1.89. The molecule has 0 aromatic rings. The Morgan fingerprint density at radius 3 is 2.00 bits per heavy atom. The zero-order valence-corrected chi connectivity index (χ0v) is 6.00. The summed E-state index contributed by atoms with van der Waals surface area (Å²) in [5.74, 6) is 0.604. The van der Waals surface area contributed by atoms with Crippen molar-refractivity contribution in [3.8, 4) is 0 Å². The van der Waals surface area contributed by atoms with Crippen LogP contribution in [-0.2, 0) is 0 Å². The van der Waals surface area contributed by atoms with Crippen LogP contribution in [0.25, 0.3) is 0 Å². The molecule has 0 rings (SSSR count). The van der Waals surface area contributed by atoms with E-state index in [4.69, 9.17) is 11.6 Å². The fourth-order valence-electron chi connectivity index (χ4n) is 0.138. The molecule has 0 saturated carbocycles. The van der Waals surface area contributed by atoms with Gasteiger partial charge in [0.1, 0.15) is 14.1 Å². The lowest BCUT2D eigenvalue weighted by Crippen LogP contribution is -3.00. The number of alkyl halides is 1. The van der Waals surface area contributed by atoms with E-state index in [0.29, 0.717) is 5.88 Å². The molecule has 3 heteroatoms. The Labute approximate surface area is 55.4 Å². The first kappa shape index (κ1) is 10.3. The predicted octanol–water partition coefficient (Wildman–Crippen LogP) is -2.43. The van der Waals surface area contributed by atoms with Crippen molar-refractivity contribution in [2.75, 3.05) is 20.0 Å². The van der Waals surface area contributed by atoms with Gasteiger partial charge in [-0.3, -0.25) is 0 Å². The van der Waals surface area contributed by atoms with Crippen molar-refractivity contribution in [1.82, 2.24) is 0 Å². The van der Waals surface area contributed by atoms with Gasteiger partial charge < -0.3 is 12.4 Å². The minimum atomic E-state index is 0. The summed E-state index contributed by atoms with van der Waals surface area (Å²) in [6, 6.07) is 0. The second-order valence-electron chi connectivity index (χ2n) is 1.30. The molecule has 0 aliphatic carbocycles. The summed E-state index contributed by atoms with van der Waals surface area (Å²) in [7, 11) is 3.89. The van der Waals surface area contributed by atoms with E-state index in [2.05, 4.69) is 0 Å². The Morgan fingerprint density at radius 1 is 1.57 bits per heavy atom. The van der Waals surface area contributed by atoms with Gasteiger partial charge in [0.2, 0.25) is 0 Å². The summed E-state index contributed by atoms with van der Waals surface area (Å²) in [4.78, 5) is 0. The van der Waals surface area contributed by atoms with E-state index in [1.165, 1.54) is 0 Å². The molecule has 0 spiro atoms. The van der Waals surface area contributed by atoms with Crippen LogP contribution in [0.2, 0.25) is 0 Å². The Bertz CT molecular complexity index is 56.7. The molecule has 0 aliphatic heterocycles. The van der Waals surface area contributed by atoms with Crippen LogP contribution in [-0.4, -0.2) is 30.8 Å². The quantitative estimate of drug-likeness (QED) is 0.217. The van der Waals surface area contributed by atoms with Gasteiger partial charge in [-0.1, -0.05) is 0 Å². The predicted molar refractivity (Wildman–Crippen MR) is 28.9 cm³/mol. The number of halogens is 2. The monoisotopic (exact) mass is 141 g/mol. The molecule has 44 valence electrons. The lowest BCUT2D eigenvalue weighted by Gasteiger charge is -1.75. The summed E-state index contributed by atoms with van der Waals surface area (Å²) >= 11 is 5.30. The molecule has 1 nitrogen and oxygen atoms in total. The topological polar surface area (TPSA) is 3.01 Å². The third kappa shape index (κ3) is 10.7. The number of hydrogen-bond acceptors (Lipinski definition) is 0. The highest BCUT2D eigenvalue weighted by molar-refractivity contribution is 6.24. The fourth-order valence-corrected chi connectivity index (χ4v) is 0.414. The van der Waals surface area contributed by atoms with Crippen LogP contribution in [0.5, 0.6) is 0 Å². The van der Waals surface area contributed by atoms with Gasteiger partial charge in [0.15, 0.2) is 6.21 Å². The standard InChI is InChI=1S/C4H9ClN.ClH/c1-6(2)4-3-5;/h4H,3H2,1-2H3;1H/q+1;/p-1. The minimum absolute atomic E-state index is 0. The third-order valence-electron chi connectivity index (χ3n) is 0.434. The first-order chi connectivity index (χ1) is 2.77. The summed E-state index contributed by atoms with van der Waals surface area (Å²) in [5.41, 5.74) is 0. The van der Waals surface area contributed by atoms with Gasteiger partial charge in [0.05, 0.1) is 5.88 Å². The van der Waals surface area contributed by atoms with Gasteiger partial charge in [-0.05, 0) is 0 Å². The third-order valence-corrected chi connectivity index (χ3v) is 0.572. The molecule has 0 bridgehead atoms. The Kier molecular flexibility index (Phi) is 9.17. The molecule has 0 fully saturated rings. The maximum atomic E-state index is 5.30. The van der Waals surface area contributed by atoms with Crippen LogP contribution in [0, 0.1) is 0 Å². The smallest absolute Gasteiger partial charge is 0.154 e. The van der Waals surface area contributed by atoms with Crippen molar-refractivity contribution in [2.24, 2.45) is 0 Å².